The fourth-order valence-electron chi connectivity index (χ4n) is 1.84. The molecular formula is C11H19N3O2. The Labute approximate surface area is 95.3 Å². The SMILES string of the molecule is CC(C)(C)C(CCNC(=O)O)c1cnc[nH]1. The Hall–Kier alpha value is -1.52. The molecular weight excluding hydrogens is 206 g/mol. The van der Waals surface area contributed by atoms with Crippen LogP contribution in [-0.2, 0) is 0 Å². The first kappa shape index (κ1) is 12.5. The Morgan fingerprint density at radius 2 is 2.31 bits per heavy atom. The molecule has 1 atom stereocenters. The van der Waals surface area contributed by atoms with Crippen LogP contribution in [0.2, 0.25) is 0 Å². The van der Waals surface area contributed by atoms with Crippen molar-refractivity contribution in [2.45, 2.75) is 33.1 Å². The Bertz CT molecular complexity index is 327. The highest BCUT2D eigenvalue weighted by atomic mass is 16.4. The summed E-state index contributed by atoms with van der Waals surface area (Å²) in [5.74, 6) is 0.266. The fourth-order valence-corrected chi connectivity index (χ4v) is 1.84. The van der Waals surface area contributed by atoms with Gasteiger partial charge in [-0.3, -0.25) is 0 Å². The van der Waals surface area contributed by atoms with Gasteiger partial charge >= 0.3 is 6.09 Å². The zero-order chi connectivity index (χ0) is 12.2. The molecule has 1 unspecified atom stereocenters. The van der Waals surface area contributed by atoms with Crippen LogP contribution in [0.25, 0.3) is 0 Å². The monoisotopic (exact) mass is 225 g/mol. The number of imidazole rings is 1. The second kappa shape index (κ2) is 5.01. The maximum atomic E-state index is 10.4. The van der Waals surface area contributed by atoms with Crippen molar-refractivity contribution in [1.29, 1.82) is 0 Å². The average molecular weight is 225 g/mol. The first-order chi connectivity index (χ1) is 7.41. The number of carbonyl (C=O) groups is 1. The molecule has 0 fully saturated rings. The second-order valence-corrected chi connectivity index (χ2v) is 4.95. The zero-order valence-corrected chi connectivity index (χ0v) is 9.95. The van der Waals surface area contributed by atoms with Gasteiger partial charge in [0, 0.05) is 24.4 Å². The van der Waals surface area contributed by atoms with E-state index in [0.29, 0.717) is 6.54 Å². The van der Waals surface area contributed by atoms with Gasteiger partial charge in [-0.05, 0) is 11.8 Å². The molecule has 3 N–H and O–H groups in total. The van der Waals surface area contributed by atoms with Crippen LogP contribution in [0.5, 0.6) is 0 Å². The number of aromatic amines is 1. The van der Waals surface area contributed by atoms with E-state index in [0.717, 1.165) is 12.1 Å². The van der Waals surface area contributed by atoms with Gasteiger partial charge in [0.25, 0.3) is 0 Å². The first-order valence-electron chi connectivity index (χ1n) is 5.36. The highest BCUT2D eigenvalue weighted by Gasteiger charge is 2.26. The molecule has 5 nitrogen and oxygen atoms in total. The maximum Gasteiger partial charge on any atom is 0.404 e. The molecule has 0 aliphatic rings. The van der Waals surface area contributed by atoms with Crippen molar-refractivity contribution in [3.05, 3.63) is 18.2 Å². The predicted molar refractivity (Wildman–Crippen MR) is 61.4 cm³/mol. The van der Waals surface area contributed by atoms with E-state index in [-0.39, 0.29) is 11.3 Å². The Morgan fingerprint density at radius 1 is 1.62 bits per heavy atom. The van der Waals surface area contributed by atoms with Crippen LogP contribution in [0.1, 0.15) is 38.8 Å². The molecule has 1 heterocycles. The van der Waals surface area contributed by atoms with Crippen molar-refractivity contribution >= 4 is 6.09 Å². The summed E-state index contributed by atoms with van der Waals surface area (Å²) in [6.45, 7) is 6.87. The van der Waals surface area contributed by atoms with Crippen LogP contribution in [0.3, 0.4) is 0 Å². The third-order valence-corrected chi connectivity index (χ3v) is 2.65. The van der Waals surface area contributed by atoms with E-state index in [4.69, 9.17) is 5.11 Å². The quantitative estimate of drug-likeness (QED) is 0.735. The van der Waals surface area contributed by atoms with E-state index in [1.54, 1.807) is 12.5 Å². The Balaban J connectivity index is 2.63. The molecule has 1 aromatic heterocycles. The van der Waals surface area contributed by atoms with Crippen molar-refractivity contribution in [3.8, 4) is 0 Å². The molecule has 1 amide bonds. The lowest BCUT2D eigenvalue weighted by atomic mass is 9.77. The molecule has 1 aromatic rings. The van der Waals surface area contributed by atoms with Crippen molar-refractivity contribution in [2.75, 3.05) is 6.54 Å². The van der Waals surface area contributed by atoms with E-state index in [2.05, 4.69) is 36.1 Å². The summed E-state index contributed by atoms with van der Waals surface area (Å²) >= 11 is 0. The summed E-state index contributed by atoms with van der Waals surface area (Å²) < 4.78 is 0. The van der Waals surface area contributed by atoms with Gasteiger partial charge in [-0.1, -0.05) is 20.8 Å². The third kappa shape index (κ3) is 3.56. The largest absolute Gasteiger partial charge is 0.465 e. The summed E-state index contributed by atoms with van der Waals surface area (Å²) in [5.41, 5.74) is 1.13. The van der Waals surface area contributed by atoms with Crippen molar-refractivity contribution < 1.29 is 9.90 Å². The molecule has 0 saturated carbocycles. The molecule has 0 aromatic carbocycles. The van der Waals surface area contributed by atoms with E-state index in [1.165, 1.54) is 0 Å². The number of hydrogen-bond donors (Lipinski definition) is 3. The topological polar surface area (TPSA) is 78.0 Å². The van der Waals surface area contributed by atoms with Crippen LogP contribution in [-0.4, -0.2) is 27.7 Å². The van der Waals surface area contributed by atoms with Crippen LogP contribution in [0.15, 0.2) is 12.5 Å². The van der Waals surface area contributed by atoms with Crippen LogP contribution in [0.4, 0.5) is 4.79 Å². The lowest BCUT2D eigenvalue weighted by Crippen LogP contribution is -2.27. The Morgan fingerprint density at radius 3 is 2.75 bits per heavy atom. The fraction of sp³-hybridized carbons (Fsp3) is 0.636. The minimum atomic E-state index is -0.975. The smallest absolute Gasteiger partial charge is 0.404 e. The number of carboxylic acid groups (broad SMARTS) is 1. The highest BCUT2D eigenvalue weighted by molar-refractivity contribution is 5.64. The number of amides is 1. The van der Waals surface area contributed by atoms with Gasteiger partial charge in [-0.25, -0.2) is 9.78 Å². The number of H-pyrrole nitrogens is 1. The molecule has 0 aliphatic heterocycles. The maximum absolute atomic E-state index is 10.4. The number of aromatic nitrogens is 2. The van der Waals surface area contributed by atoms with Crippen LogP contribution in [0, 0.1) is 5.41 Å². The summed E-state index contributed by atoms with van der Waals surface area (Å²) in [4.78, 5) is 17.5. The van der Waals surface area contributed by atoms with Crippen LogP contribution >= 0.6 is 0 Å². The van der Waals surface area contributed by atoms with E-state index < -0.39 is 6.09 Å². The van der Waals surface area contributed by atoms with Gasteiger partial charge in [0.05, 0.1) is 6.33 Å². The molecule has 0 aliphatic carbocycles. The lowest BCUT2D eigenvalue weighted by Gasteiger charge is -2.29. The number of nitrogens with one attached hydrogen (secondary N) is 2. The third-order valence-electron chi connectivity index (χ3n) is 2.65. The molecule has 0 spiro atoms. The Kier molecular flexibility index (Phi) is 3.93. The lowest BCUT2D eigenvalue weighted by molar-refractivity contribution is 0.192. The molecule has 0 saturated heterocycles. The van der Waals surface area contributed by atoms with Gasteiger partial charge in [0.15, 0.2) is 0 Å². The molecule has 16 heavy (non-hydrogen) atoms. The molecule has 5 heteroatoms. The normalized spacial score (nSPS) is 13.4. The number of hydrogen-bond acceptors (Lipinski definition) is 2. The van der Waals surface area contributed by atoms with Gasteiger partial charge < -0.3 is 15.4 Å². The van der Waals surface area contributed by atoms with E-state index in [9.17, 15) is 4.79 Å². The first-order valence-corrected chi connectivity index (χ1v) is 5.36. The van der Waals surface area contributed by atoms with E-state index in [1.807, 2.05) is 0 Å². The average Bonchev–Trinajstić information content (AvgIpc) is 2.62. The molecule has 0 bridgehead atoms. The summed E-state index contributed by atoms with van der Waals surface area (Å²) in [6, 6.07) is 0. The van der Waals surface area contributed by atoms with Gasteiger partial charge in [0.2, 0.25) is 0 Å². The highest BCUT2D eigenvalue weighted by Crippen LogP contribution is 2.36. The van der Waals surface area contributed by atoms with Gasteiger partial charge in [0.1, 0.15) is 0 Å². The minimum absolute atomic E-state index is 0.0761. The summed E-state index contributed by atoms with van der Waals surface area (Å²) in [7, 11) is 0. The molecule has 90 valence electrons. The van der Waals surface area contributed by atoms with Crippen molar-refractivity contribution in [3.63, 3.8) is 0 Å². The zero-order valence-electron chi connectivity index (χ0n) is 9.95. The summed E-state index contributed by atoms with van der Waals surface area (Å²) in [5, 5.41) is 10.9. The van der Waals surface area contributed by atoms with Crippen LogP contribution < -0.4 is 5.32 Å². The molecule has 1 rings (SSSR count). The van der Waals surface area contributed by atoms with Crippen molar-refractivity contribution in [1.82, 2.24) is 15.3 Å². The van der Waals surface area contributed by atoms with E-state index >= 15 is 0 Å². The molecule has 0 radical (unpaired) electrons. The van der Waals surface area contributed by atoms with Gasteiger partial charge in [-0.15, -0.1) is 0 Å². The predicted octanol–water partition coefficient (Wildman–Crippen LogP) is 2.20. The number of rotatable bonds is 4. The second-order valence-electron chi connectivity index (χ2n) is 4.95. The van der Waals surface area contributed by atoms with Crippen molar-refractivity contribution in [2.24, 2.45) is 5.41 Å². The van der Waals surface area contributed by atoms with Gasteiger partial charge in [-0.2, -0.15) is 0 Å². The number of nitrogens with zero attached hydrogens (tertiary/aromatic N) is 1. The summed E-state index contributed by atoms with van der Waals surface area (Å²) in [6.07, 6.45) is 3.24. The minimum Gasteiger partial charge on any atom is -0.465 e. The standard InChI is InChI=1S/C11H19N3O2/c1-11(2,3)8(4-5-13-10(15)16)9-6-12-7-14-9/h6-8,13H,4-5H2,1-3H3,(H,12,14)(H,15,16).